The van der Waals surface area contributed by atoms with Crippen molar-refractivity contribution < 1.29 is 0 Å². The van der Waals surface area contributed by atoms with Gasteiger partial charge in [-0.25, -0.2) is 0 Å². The van der Waals surface area contributed by atoms with Crippen molar-refractivity contribution in [3.05, 3.63) is 150 Å². The highest BCUT2D eigenvalue weighted by Gasteiger charge is 2.43. The van der Waals surface area contributed by atoms with E-state index >= 15 is 0 Å². The average Bonchev–Trinajstić information content (AvgIpc) is 3.31. The van der Waals surface area contributed by atoms with E-state index in [-0.39, 0.29) is 5.41 Å². The third-order valence-electron chi connectivity index (χ3n) is 8.62. The van der Waals surface area contributed by atoms with Crippen molar-refractivity contribution in [1.29, 1.82) is 0 Å². The Hall–Kier alpha value is -4.10. The number of benzene rings is 5. The number of hydrogen-bond donors (Lipinski definition) is 0. The van der Waals surface area contributed by atoms with Crippen molar-refractivity contribution >= 4 is 17.1 Å². The Morgan fingerprint density at radius 1 is 0.450 bits per heavy atom. The lowest BCUT2D eigenvalue weighted by atomic mass is 9.69. The Morgan fingerprint density at radius 3 is 1.45 bits per heavy atom. The van der Waals surface area contributed by atoms with Gasteiger partial charge in [-0.2, -0.15) is 0 Å². The zero-order chi connectivity index (χ0) is 27.2. The molecule has 0 amide bonds. The van der Waals surface area contributed by atoms with Crippen molar-refractivity contribution in [1.82, 2.24) is 0 Å². The minimum Gasteiger partial charge on any atom is -0.311 e. The molecule has 0 N–H and O–H groups in total. The van der Waals surface area contributed by atoms with Gasteiger partial charge in [0.25, 0.3) is 0 Å². The van der Waals surface area contributed by atoms with E-state index in [2.05, 4.69) is 145 Å². The molecule has 0 saturated carbocycles. The van der Waals surface area contributed by atoms with Gasteiger partial charge in [0.1, 0.15) is 0 Å². The number of fused-ring (bicyclic) bond motifs is 3. The highest BCUT2D eigenvalue weighted by molar-refractivity contribution is 5.84. The Bertz CT molecular complexity index is 1430. The molecule has 200 valence electrons. The average molecular weight is 522 g/mol. The van der Waals surface area contributed by atoms with E-state index in [9.17, 15) is 0 Å². The summed E-state index contributed by atoms with van der Waals surface area (Å²) in [5.41, 5.74) is 10.5. The van der Waals surface area contributed by atoms with Crippen LogP contribution in [0.4, 0.5) is 17.1 Å². The van der Waals surface area contributed by atoms with E-state index in [0.29, 0.717) is 0 Å². The van der Waals surface area contributed by atoms with Crippen LogP contribution in [0.25, 0.3) is 11.1 Å². The van der Waals surface area contributed by atoms with E-state index in [1.165, 1.54) is 83.4 Å². The number of unbranched alkanes of at least 4 members (excludes halogenated alkanes) is 5. The highest BCUT2D eigenvalue weighted by Crippen LogP contribution is 2.55. The fraction of sp³-hybridized carbons (Fsp3) is 0.231. The lowest BCUT2D eigenvalue weighted by Crippen LogP contribution is -2.27. The first-order chi connectivity index (χ1) is 19.8. The predicted molar refractivity (Wildman–Crippen MR) is 171 cm³/mol. The molecule has 1 aliphatic rings. The second-order valence-corrected chi connectivity index (χ2v) is 11.1. The maximum absolute atomic E-state index is 2.39. The molecule has 5 aromatic carbocycles. The standard InChI is InChI=1S/C39H39N/c1-2-3-4-5-6-17-30-39(37-24-15-13-22-35(37)36-23-14-16-25-38(36)39)31-26-28-34(29-27-31)40(32-18-9-7-10-19-32)33-20-11-8-12-21-33/h7-16,18-29H,2-6,17,30H2,1H3. The van der Waals surface area contributed by atoms with Crippen LogP contribution >= 0.6 is 0 Å². The number of nitrogens with zero attached hydrogens (tertiary/aromatic N) is 1. The minimum absolute atomic E-state index is 0.124. The van der Waals surface area contributed by atoms with Gasteiger partial charge in [-0.1, -0.05) is 143 Å². The molecule has 0 heterocycles. The molecule has 1 heteroatoms. The van der Waals surface area contributed by atoms with E-state index in [0.717, 1.165) is 6.42 Å². The molecule has 0 atom stereocenters. The molecule has 0 spiro atoms. The first-order valence-electron chi connectivity index (χ1n) is 15.0. The van der Waals surface area contributed by atoms with Gasteiger partial charge in [0.05, 0.1) is 0 Å². The van der Waals surface area contributed by atoms with E-state index < -0.39 is 0 Å². The summed E-state index contributed by atoms with van der Waals surface area (Å²) < 4.78 is 0. The largest absolute Gasteiger partial charge is 0.311 e. The molecule has 5 aromatic rings. The number of para-hydroxylation sites is 2. The monoisotopic (exact) mass is 521 g/mol. The molecule has 1 aliphatic carbocycles. The van der Waals surface area contributed by atoms with Crippen LogP contribution in [-0.2, 0) is 5.41 Å². The summed E-state index contributed by atoms with van der Waals surface area (Å²) in [6.45, 7) is 2.29. The number of anilines is 3. The van der Waals surface area contributed by atoms with Crippen molar-refractivity contribution in [3.63, 3.8) is 0 Å². The van der Waals surface area contributed by atoms with Gasteiger partial charge in [-0.05, 0) is 70.6 Å². The van der Waals surface area contributed by atoms with Crippen LogP contribution in [0.15, 0.2) is 133 Å². The molecular formula is C39H39N. The Balaban J connectivity index is 1.42. The van der Waals surface area contributed by atoms with Crippen LogP contribution < -0.4 is 4.90 Å². The molecule has 0 aromatic heterocycles. The first-order valence-corrected chi connectivity index (χ1v) is 15.0. The molecule has 0 saturated heterocycles. The molecule has 0 radical (unpaired) electrons. The highest BCUT2D eigenvalue weighted by atomic mass is 15.1. The fourth-order valence-electron chi connectivity index (χ4n) is 6.72. The molecule has 6 rings (SSSR count). The fourth-order valence-corrected chi connectivity index (χ4v) is 6.72. The van der Waals surface area contributed by atoms with Crippen LogP contribution in [0.2, 0.25) is 0 Å². The third-order valence-corrected chi connectivity index (χ3v) is 8.62. The summed E-state index contributed by atoms with van der Waals surface area (Å²) in [7, 11) is 0. The summed E-state index contributed by atoms with van der Waals surface area (Å²) >= 11 is 0. The summed E-state index contributed by atoms with van der Waals surface area (Å²) in [5.74, 6) is 0. The molecule has 0 fully saturated rings. The Morgan fingerprint density at radius 2 is 0.900 bits per heavy atom. The summed E-state index contributed by atoms with van der Waals surface area (Å²) in [4.78, 5) is 2.35. The van der Waals surface area contributed by atoms with Gasteiger partial charge in [0, 0.05) is 22.5 Å². The van der Waals surface area contributed by atoms with Gasteiger partial charge in [-0.3, -0.25) is 0 Å². The zero-order valence-corrected chi connectivity index (χ0v) is 23.6. The second-order valence-electron chi connectivity index (χ2n) is 11.1. The SMILES string of the molecule is CCCCCCCCC1(c2ccc(N(c3ccccc3)c3ccccc3)cc2)c2ccccc2-c2ccccc21. The summed E-state index contributed by atoms with van der Waals surface area (Å²) in [6, 6.07) is 49.0. The minimum atomic E-state index is -0.124. The Labute approximate surface area is 240 Å². The van der Waals surface area contributed by atoms with Crippen LogP contribution in [0.5, 0.6) is 0 Å². The van der Waals surface area contributed by atoms with Crippen molar-refractivity contribution in [2.75, 3.05) is 4.90 Å². The van der Waals surface area contributed by atoms with Crippen LogP contribution in [0, 0.1) is 0 Å². The summed E-state index contributed by atoms with van der Waals surface area (Å²) in [6.07, 6.45) is 8.97. The van der Waals surface area contributed by atoms with Crippen molar-refractivity contribution in [2.45, 2.75) is 57.3 Å². The van der Waals surface area contributed by atoms with Crippen LogP contribution in [0.1, 0.15) is 68.6 Å². The lowest BCUT2D eigenvalue weighted by Gasteiger charge is -2.34. The second kappa shape index (κ2) is 12.0. The van der Waals surface area contributed by atoms with E-state index in [4.69, 9.17) is 0 Å². The van der Waals surface area contributed by atoms with Gasteiger partial charge < -0.3 is 4.90 Å². The van der Waals surface area contributed by atoms with Crippen molar-refractivity contribution in [2.24, 2.45) is 0 Å². The first kappa shape index (κ1) is 26.1. The third kappa shape index (κ3) is 4.86. The van der Waals surface area contributed by atoms with Gasteiger partial charge >= 0.3 is 0 Å². The van der Waals surface area contributed by atoms with Gasteiger partial charge in [0.15, 0.2) is 0 Å². The quantitative estimate of drug-likeness (QED) is 0.156. The van der Waals surface area contributed by atoms with Crippen LogP contribution in [0.3, 0.4) is 0 Å². The van der Waals surface area contributed by atoms with E-state index in [1.807, 2.05) is 0 Å². The van der Waals surface area contributed by atoms with Crippen molar-refractivity contribution in [3.8, 4) is 11.1 Å². The van der Waals surface area contributed by atoms with Gasteiger partial charge in [-0.15, -0.1) is 0 Å². The van der Waals surface area contributed by atoms with Crippen LogP contribution in [-0.4, -0.2) is 0 Å². The molecule has 0 aliphatic heterocycles. The number of hydrogen-bond acceptors (Lipinski definition) is 1. The summed E-state index contributed by atoms with van der Waals surface area (Å²) in [5, 5.41) is 0. The van der Waals surface area contributed by atoms with E-state index in [1.54, 1.807) is 0 Å². The van der Waals surface area contributed by atoms with Gasteiger partial charge in [0.2, 0.25) is 0 Å². The normalized spacial score (nSPS) is 13.0. The molecule has 0 bridgehead atoms. The molecule has 40 heavy (non-hydrogen) atoms. The molecule has 0 unspecified atom stereocenters. The lowest BCUT2D eigenvalue weighted by molar-refractivity contribution is 0.506. The topological polar surface area (TPSA) is 3.24 Å². The smallest absolute Gasteiger partial charge is 0.0463 e. The maximum atomic E-state index is 2.39. The Kier molecular flexibility index (Phi) is 7.82. The maximum Gasteiger partial charge on any atom is 0.0463 e. The zero-order valence-electron chi connectivity index (χ0n) is 23.6. The predicted octanol–water partition coefficient (Wildman–Crippen LogP) is 11.2. The number of rotatable bonds is 11. The molecular weight excluding hydrogens is 482 g/mol. The molecule has 1 nitrogen and oxygen atoms in total.